The van der Waals surface area contributed by atoms with E-state index in [-0.39, 0.29) is 5.91 Å². The highest BCUT2D eigenvalue weighted by molar-refractivity contribution is 7.13. The van der Waals surface area contributed by atoms with Crippen molar-refractivity contribution < 1.29 is 9.59 Å². The Hall–Kier alpha value is -2.15. The van der Waals surface area contributed by atoms with Crippen molar-refractivity contribution in [1.82, 2.24) is 14.5 Å². The third-order valence-electron chi connectivity index (χ3n) is 5.27. The number of aromatic nitrogens is 2. The third kappa shape index (κ3) is 4.08. The van der Waals surface area contributed by atoms with E-state index in [1.54, 1.807) is 6.20 Å². The average molecular weight is 389 g/mol. The molecule has 1 aliphatic heterocycles. The normalized spacial score (nSPS) is 14.3. The summed E-state index contributed by atoms with van der Waals surface area (Å²) in [6, 6.07) is 0. The summed E-state index contributed by atoms with van der Waals surface area (Å²) >= 11 is 1.54. The fourth-order valence-electron chi connectivity index (χ4n) is 3.94. The molecule has 3 heterocycles. The summed E-state index contributed by atoms with van der Waals surface area (Å²) in [5, 5.41) is 2.78. The quantitative estimate of drug-likeness (QED) is 0.715. The van der Waals surface area contributed by atoms with Crippen LogP contribution in [0.2, 0.25) is 0 Å². The van der Waals surface area contributed by atoms with Crippen molar-refractivity contribution in [1.29, 1.82) is 0 Å². The predicted octanol–water partition coefficient (Wildman–Crippen LogP) is 3.37. The largest absolute Gasteiger partial charge is 0.366 e. The Labute approximate surface area is 164 Å². The second kappa shape index (κ2) is 8.69. The lowest BCUT2D eigenvalue weighted by molar-refractivity contribution is -0.127. The molecule has 7 heteroatoms. The molecule has 1 saturated heterocycles. The summed E-state index contributed by atoms with van der Waals surface area (Å²) in [6.07, 6.45) is 7.28. The second-order valence-corrected chi connectivity index (χ2v) is 7.97. The van der Waals surface area contributed by atoms with Gasteiger partial charge in [0.2, 0.25) is 5.91 Å². The molecule has 0 aromatic carbocycles. The zero-order valence-corrected chi connectivity index (χ0v) is 17.0. The van der Waals surface area contributed by atoms with E-state index >= 15 is 0 Å². The summed E-state index contributed by atoms with van der Waals surface area (Å²) in [5.41, 5.74) is 9.30. The molecule has 0 spiro atoms. The molecule has 0 aliphatic carbocycles. The van der Waals surface area contributed by atoms with Crippen molar-refractivity contribution >= 4 is 23.2 Å². The molecule has 146 valence electrons. The van der Waals surface area contributed by atoms with Crippen LogP contribution in [-0.2, 0) is 17.8 Å². The summed E-state index contributed by atoms with van der Waals surface area (Å²) in [6.45, 7) is 6.54. The number of thiazole rings is 1. The SMILES string of the molecule is CCCCc1c(-c2nccs2)c(C(N)=O)c(C)n1CCCN1CCCC1=O. The van der Waals surface area contributed by atoms with Crippen molar-refractivity contribution in [3.05, 3.63) is 28.5 Å². The highest BCUT2D eigenvalue weighted by atomic mass is 32.1. The van der Waals surface area contributed by atoms with Crippen LogP contribution in [0.1, 0.15) is 60.8 Å². The van der Waals surface area contributed by atoms with Crippen LogP contribution in [-0.4, -0.2) is 39.4 Å². The standard InChI is InChI=1S/C20H28N4O2S/c1-3-4-7-15-18(20-22-9-13-27-20)17(19(21)26)14(2)24(15)12-6-11-23-10-5-8-16(23)25/h9,13H,3-8,10-12H2,1-2H3,(H2,21,26). The minimum Gasteiger partial charge on any atom is -0.366 e. The molecule has 2 aromatic rings. The van der Waals surface area contributed by atoms with E-state index in [9.17, 15) is 9.59 Å². The van der Waals surface area contributed by atoms with Crippen LogP contribution >= 0.6 is 11.3 Å². The lowest BCUT2D eigenvalue weighted by Crippen LogP contribution is -2.26. The van der Waals surface area contributed by atoms with Crippen molar-refractivity contribution in [3.8, 4) is 10.6 Å². The zero-order valence-electron chi connectivity index (χ0n) is 16.2. The molecular formula is C20H28N4O2S. The number of likely N-dealkylation sites (tertiary alicyclic amines) is 1. The number of carbonyl (C=O) groups excluding carboxylic acids is 2. The molecule has 0 atom stereocenters. The van der Waals surface area contributed by atoms with Gasteiger partial charge in [-0.15, -0.1) is 11.3 Å². The minimum atomic E-state index is -0.399. The molecule has 0 radical (unpaired) electrons. The minimum absolute atomic E-state index is 0.256. The molecular weight excluding hydrogens is 360 g/mol. The van der Waals surface area contributed by atoms with Crippen LogP contribution in [0.25, 0.3) is 10.6 Å². The first-order valence-electron chi connectivity index (χ1n) is 9.74. The van der Waals surface area contributed by atoms with Gasteiger partial charge >= 0.3 is 0 Å². The molecule has 1 aliphatic rings. The van der Waals surface area contributed by atoms with Crippen molar-refractivity contribution in [2.75, 3.05) is 13.1 Å². The van der Waals surface area contributed by atoms with E-state index in [4.69, 9.17) is 5.73 Å². The number of carbonyl (C=O) groups is 2. The Balaban J connectivity index is 1.92. The zero-order chi connectivity index (χ0) is 19.4. The second-order valence-electron chi connectivity index (χ2n) is 7.08. The van der Waals surface area contributed by atoms with Gasteiger partial charge in [0.15, 0.2) is 0 Å². The number of hydrogen-bond acceptors (Lipinski definition) is 4. The van der Waals surface area contributed by atoms with Gasteiger partial charge < -0.3 is 15.2 Å². The first-order chi connectivity index (χ1) is 13.0. The van der Waals surface area contributed by atoms with E-state index in [1.165, 1.54) is 11.3 Å². The monoisotopic (exact) mass is 388 g/mol. The van der Waals surface area contributed by atoms with E-state index in [2.05, 4.69) is 16.5 Å². The number of primary amides is 1. The summed E-state index contributed by atoms with van der Waals surface area (Å²) in [7, 11) is 0. The van der Waals surface area contributed by atoms with Crippen molar-refractivity contribution in [2.45, 2.75) is 58.9 Å². The molecule has 6 nitrogen and oxygen atoms in total. The molecule has 2 N–H and O–H groups in total. The maximum absolute atomic E-state index is 12.2. The number of amides is 2. The van der Waals surface area contributed by atoms with Crippen molar-refractivity contribution in [2.24, 2.45) is 5.73 Å². The Morgan fingerprint density at radius 3 is 2.74 bits per heavy atom. The van der Waals surface area contributed by atoms with Crippen LogP contribution in [0.4, 0.5) is 0 Å². The fraction of sp³-hybridized carbons (Fsp3) is 0.550. The van der Waals surface area contributed by atoms with Gasteiger partial charge in [-0.25, -0.2) is 4.98 Å². The van der Waals surface area contributed by atoms with Crippen LogP contribution in [0.5, 0.6) is 0 Å². The van der Waals surface area contributed by atoms with E-state index in [0.717, 1.165) is 73.7 Å². The van der Waals surface area contributed by atoms with E-state index in [1.807, 2.05) is 17.2 Å². The fourth-order valence-corrected chi connectivity index (χ4v) is 4.65. The van der Waals surface area contributed by atoms with Gasteiger partial charge in [-0.1, -0.05) is 13.3 Å². The number of nitrogens with zero attached hydrogens (tertiary/aromatic N) is 3. The lowest BCUT2D eigenvalue weighted by atomic mass is 10.1. The first kappa shape index (κ1) is 19.6. The summed E-state index contributed by atoms with van der Waals surface area (Å²) < 4.78 is 2.23. The molecule has 2 aromatic heterocycles. The predicted molar refractivity (Wildman–Crippen MR) is 108 cm³/mol. The Bertz CT molecular complexity index is 811. The lowest BCUT2D eigenvalue weighted by Gasteiger charge is -2.17. The van der Waals surface area contributed by atoms with Gasteiger partial charge in [-0.2, -0.15) is 0 Å². The van der Waals surface area contributed by atoms with Crippen LogP contribution < -0.4 is 5.73 Å². The van der Waals surface area contributed by atoms with E-state index in [0.29, 0.717) is 12.0 Å². The summed E-state index contributed by atoms with van der Waals surface area (Å²) in [5.74, 6) is -0.143. The molecule has 0 saturated carbocycles. The smallest absolute Gasteiger partial charge is 0.251 e. The molecule has 0 unspecified atom stereocenters. The number of unbranched alkanes of at least 4 members (excludes halogenated alkanes) is 1. The van der Waals surface area contributed by atoms with E-state index < -0.39 is 5.91 Å². The number of nitrogens with two attached hydrogens (primary N) is 1. The highest BCUT2D eigenvalue weighted by Gasteiger charge is 2.26. The van der Waals surface area contributed by atoms with Gasteiger partial charge in [0.05, 0.1) is 5.56 Å². The maximum atomic E-state index is 12.2. The third-order valence-corrected chi connectivity index (χ3v) is 6.06. The molecule has 1 fully saturated rings. The maximum Gasteiger partial charge on any atom is 0.251 e. The van der Waals surface area contributed by atoms with Gasteiger partial charge in [-0.3, -0.25) is 9.59 Å². The molecule has 3 rings (SSSR count). The summed E-state index contributed by atoms with van der Waals surface area (Å²) in [4.78, 5) is 30.5. The number of hydrogen-bond donors (Lipinski definition) is 1. The van der Waals surface area contributed by atoms with Gasteiger partial charge in [0.1, 0.15) is 5.01 Å². The topological polar surface area (TPSA) is 81.2 Å². The van der Waals surface area contributed by atoms with Crippen LogP contribution in [0, 0.1) is 6.92 Å². The average Bonchev–Trinajstić information content (AvgIpc) is 3.34. The number of rotatable bonds is 9. The Kier molecular flexibility index (Phi) is 6.31. The molecule has 2 amide bonds. The Morgan fingerprint density at radius 1 is 1.33 bits per heavy atom. The van der Waals surface area contributed by atoms with Gasteiger partial charge in [0.25, 0.3) is 5.91 Å². The molecule has 0 bridgehead atoms. The first-order valence-corrected chi connectivity index (χ1v) is 10.6. The van der Waals surface area contributed by atoms with Crippen molar-refractivity contribution in [3.63, 3.8) is 0 Å². The Morgan fingerprint density at radius 2 is 2.15 bits per heavy atom. The van der Waals surface area contributed by atoms with Crippen LogP contribution in [0.15, 0.2) is 11.6 Å². The van der Waals surface area contributed by atoms with Gasteiger partial charge in [0, 0.05) is 54.6 Å². The molecule has 27 heavy (non-hydrogen) atoms. The highest BCUT2D eigenvalue weighted by Crippen LogP contribution is 2.35. The van der Waals surface area contributed by atoms with Gasteiger partial charge in [-0.05, 0) is 32.6 Å². The van der Waals surface area contributed by atoms with Crippen LogP contribution in [0.3, 0.4) is 0 Å².